The topological polar surface area (TPSA) is 9.23 Å². The van der Waals surface area contributed by atoms with Gasteiger partial charge in [-0.25, -0.2) is 0 Å². The van der Waals surface area contributed by atoms with Gasteiger partial charge in [0.25, 0.3) is 0 Å². The van der Waals surface area contributed by atoms with Gasteiger partial charge in [0.15, 0.2) is 0 Å². The highest BCUT2D eigenvalue weighted by Gasteiger charge is 2.08. The van der Waals surface area contributed by atoms with Crippen LogP contribution in [0.5, 0.6) is 0 Å². The van der Waals surface area contributed by atoms with Crippen molar-refractivity contribution in [2.24, 2.45) is 0 Å². The van der Waals surface area contributed by atoms with Crippen LogP contribution in [0.4, 0.5) is 0 Å². The molecule has 0 aliphatic rings. The molecule has 0 saturated heterocycles. The molecule has 0 N–H and O–H groups in total. The summed E-state index contributed by atoms with van der Waals surface area (Å²) in [5, 5.41) is 0. The van der Waals surface area contributed by atoms with Gasteiger partial charge in [0.2, 0.25) is 0 Å². The van der Waals surface area contributed by atoms with Crippen LogP contribution in [0, 0.1) is 0 Å². The Hall–Kier alpha value is 0.757. The van der Waals surface area contributed by atoms with Crippen molar-refractivity contribution in [2.75, 3.05) is 6.61 Å². The first-order valence-corrected chi connectivity index (χ1v) is 9.21. The zero-order valence-electron chi connectivity index (χ0n) is 10.9. The van der Waals surface area contributed by atoms with Crippen LogP contribution in [-0.4, -0.2) is 26.6 Å². The van der Waals surface area contributed by atoms with E-state index >= 15 is 0 Å². The summed E-state index contributed by atoms with van der Waals surface area (Å²) >= 11 is 11.4. The lowest BCUT2D eigenvalue weighted by Crippen LogP contribution is -2.19. The van der Waals surface area contributed by atoms with Crippen molar-refractivity contribution < 1.29 is 4.74 Å². The van der Waals surface area contributed by atoms with E-state index in [1.54, 1.807) is 0 Å². The zero-order valence-corrected chi connectivity index (χ0v) is 13.8. The van der Waals surface area contributed by atoms with Crippen LogP contribution >= 0.6 is 23.2 Å². The van der Waals surface area contributed by atoms with Crippen molar-refractivity contribution in [1.82, 2.24) is 0 Å². The Kier molecular flexibility index (Phi) is 10.2. The van der Waals surface area contributed by atoms with Crippen molar-refractivity contribution in [3.05, 3.63) is 0 Å². The maximum atomic E-state index is 5.69. The van der Waals surface area contributed by atoms with E-state index in [-0.39, 0.29) is 20.0 Å². The average Bonchev–Trinajstić information content (AvgIpc) is 2.13. The lowest BCUT2D eigenvalue weighted by molar-refractivity contribution is -0.00471. The lowest BCUT2D eigenvalue weighted by Gasteiger charge is -2.19. The number of hydrogen-bond donors (Lipinski definition) is 0. The largest absolute Gasteiger partial charge is 0.376 e. The molecule has 4 heteroatoms. The van der Waals surface area contributed by atoms with Crippen LogP contribution < -0.4 is 0 Å². The van der Waals surface area contributed by atoms with Gasteiger partial charge in [-0.05, 0) is 33.2 Å². The first-order chi connectivity index (χ1) is 7.42. The summed E-state index contributed by atoms with van der Waals surface area (Å²) in [5.74, 6) is 0. The van der Waals surface area contributed by atoms with Gasteiger partial charge in [-0.1, -0.05) is 25.3 Å². The molecular formula is C12H26Cl2OSi. The van der Waals surface area contributed by atoms with E-state index in [0.717, 1.165) is 12.7 Å². The summed E-state index contributed by atoms with van der Waals surface area (Å²) in [5.41, 5.74) is 0.0165. The highest BCUT2D eigenvalue weighted by molar-refractivity contribution is 6.49. The minimum Gasteiger partial charge on any atom is -0.376 e. The van der Waals surface area contributed by atoms with Gasteiger partial charge in [-0.3, -0.25) is 0 Å². The second-order valence-corrected chi connectivity index (χ2v) is 8.53. The molecule has 0 spiro atoms. The monoisotopic (exact) mass is 284 g/mol. The van der Waals surface area contributed by atoms with Crippen LogP contribution in [-0.2, 0) is 4.74 Å². The molecule has 0 aromatic rings. The first kappa shape index (κ1) is 16.8. The maximum Gasteiger partial charge on any atom is 0.105 e. The molecule has 0 unspecified atom stereocenters. The lowest BCUT2D eigenvalue weighted by atomic mass is 10.2. The van der Waals surface area contributed by atoms with E-state index in [1.165, 1.54) is 31.7 Å². The van der Waals surface area contributed by atoms with Gasteiger partial charge in [0.1, 0.15) is 4.84 Å². The number of rotatable bonds is 9. The van der Waals surface area contributed by atoms with Gasteiger partial charge in [-0.15, -0.1) is 23.2 Å². The summed E-state index contributed by atoms with van der Waals surface area (Å²) in [7, 11) is 0.00681. The third-order valence-electron chi connectivity index (χ3n) is 2.35. The SMILES string of the molecule is CC(C)(C)OCCCCCC[SiH2]CC(Cl)Cl. The van der Waals surface area contributed by atoms with Crippen molar-refractivity contribution in [3.8, 4) is 0 Å². The van der Waals surface area contributed by atoms with Crippen LogP contribution in [0.1, 0.15) is 46.5 Å². The summed E-state index contributed by atoms with van der Waals surface area (Å²) in [6.07, 6.45) is 5.15. The Bertz CT molecular complexity index is 158. The number of unbranched alkanes of at least 4 members (excludes halogenated alkanes) is 3. The van der Waals surface area contributed by atoms with Gasteiger partial charge < -0.3 is 4.74 Å². The summed E-state index contributed by atoms with van der Waals surface area (Å²) in [6, 6.07) is 2.45. The summed E-state index contributed by atoms with van der Waals surface area (Å²) < 4.78 is 5.66. The fraction of sp³-hybridized carbons (Fsp3) is 1.00. The van der Waals surface area contributed by atoms with E-state index in [2.05, 4.69) is 20.8 Å². The minimum atomic E-state index is -0.119. The highest BCUT2D eigenvalue weighted by atomic mass is 35.5. The Morgan fingerprint density at radius 3 is 2.25 bits per heavy atom. The minimum absolute atomic E-state index is 0.00681. The molecule has 0 bridgehead atoms. The number of ether oxygens (including phenoxy) is 1. The molecular weight excluding hydrogens is 259 g/mol. The fourth-order valence-electron chi connectivity index (χ4n) is 1.49. The molecule has 0 atom stereocenters. The van der Waals surface area contributed by atoms with Crippen LogP contribution in [0.15, 0.2) is 0 Å². The normalized spacial score (nSPS) is 13.1. The van der Waals surface area contributed by atoms with Gasteiger partial charge in [0.05, 0.1) is 5.60 Å². The molecule has 98 valence electrons. The molecule has 0 aromatic heterocycles. The average molecular weight is 285 g/mol. The Balaban J connectivity index is 3.05. The molecule has 16 heavy (non-hydrogen) atoms. The Morgan fingerprint density at radius 2 is 1.69 bits per heavy atom. The second kappa shape index (κ2) is 9.75. The maximum absolute atomic E-state index is 5.69. The van der Waals surface area contributed by atoms with Crippen molar-refractivity contribution in [2.45, 2.75) is 69.0 Å². The fourth-order valence-corrected chi connectivity index (χ4v) is 3.72. The van der Waals surface area contributed by atoms with Crippen molar-refractivity contribution in [1.29, 1.82) is 0 Å². The second-order valence-electron chi connectivity index (χ2n) is 5.26. The third-order valence-corrected chi connectivity index (χ3v) is 5.51. The molecule has 0 heterocycles. The molecule has 0 aliphatic heterocycles. The number of halogens is 2. The molecule has 0 radical (unpaired) electrons. The van der Waals surface area contributed by atoms with Gasteiger partial charge in [-0.2, -0.15) is 0 Å². The molecule has 0 aliphatic carbocycles. The molecule has 0 saturated carbocycles. The quantitative estimate of drug-likeness (QED) is 0.351. The molecule has 0 rings (SSSR count). The zero-order chi connectivity index (χ0) is 12.4. The predicted molar refractivity (Wildman–Crippen MR) is 77.8 cm³/mol. The number of hydrogen-bond acceptors (Lipinski definition) is 1. The summed E-state index contributed by atoms with van der Waals surface area (Å²) in [4.78, 5) is -0.119. The van der Waals surface area contributed by atoms with E-state index in [0.29, 0.717) is 0 Å². The Labute approximate surface area is 113 Å². The van der Waals surface area contributed by atoms with Gasteiger partial charge >= 0.3 is 0 Å². The van der Waals surface area contributed by atoms with E-state index in [9.17, 15) is 0 Å². The molecule has 0 amide bonds. The van der Waals surface area contributed by atoms with Crippen molar-refractivity contribution in [3.63, 3.8) is 0 Å². The van der Waals surface area contributed by atoms with E-state index in [4.69, 9.17) is 27.9 Å². The highest BCUT2D eigenvalue weighted by Crippen LogP contribution is 2.11. The first-order valence-electron chi connectivity index (χ1n) is 6.34. The van der Waals surface area contributed by atoms with E-state index in [1.807, 2.05) is 0 Å². The van der Waals surface area contributed by atoms with Crippen LogP contribution in [0.25, 0.3) is 0 Å². The van der Waals surface area contributed by atoms with Crippen LogP contribution in [0.2, 0.25) is 12.1 Å². The van der Waals surface area contributed by atoms with Gasteiger partial charge in [0, 0.05) is 16.1 Å². The Morgan fingerprint density at radius 1 is 1.06 bits per heavy atom. The third kappa shape index (κ3) is 14.8. The standard InChI is InChI=1S/C12H26Cl2OSi/c1-12(2,3)15-8-6-4-5-7-9-16-10-11(13)14/h11H,4-10,16H2,1-3H3. The molecule has 0 aromatic carbocycles. The summed E-state index contributed by atoms with van der Waals surface area (Å²) in [6.45, 7) is 7.21. The molecule has 1 nitrogen and oxygen atoms in total. The molecule has 0 fully saturated rings. The predicted octanol–water partition coefficient (Wildman–Crippen LogP) is 4.17. The smallest absolute Gasteiger partial charge is 0.105 e. The van der Waals surface area contributed by atoms with Crippen LogP contribution in [0.3, 0.4) is 0 Å². The van der Waals surface area contributed by atoms with Crippen molar-refractivity contribution >= 4 is 32.7 Å². The number of alkyl halides is 2. The van der Waals surface area contributed by atoms with E-state index < -0.39 is 0 Å².